The van der Waals surface area contributed by atoms with Gasteiger partial charge in [0.2, 0.25) is 5.91 Å². The van der Waals surface area contributed by atoms with Gasteiger partial charge in [-0.1, -0.05) is 216 Å². The molecule has 73 heavy (non-hydrogen) atoms. The van der Waals surface area contributed by atoms with Gasteiger partial charge in [0.15, 0.2) is 18.5 Å². The van der Waals surface area contributed by atoms with Crippen molar-refractivity contribution in [3.05, 3.63) is 120 Å². The zero-order valence-corrected chi connectivity index (χ0v) is 44.2. The molecule has 3 aromatic rings. The van der Waals surface area contributed by atoms with Crippen LogP contribution in [0.5, 0.6) is 0 Å². The summed E-state index contributed by atoms with van der Waals surface area (Å²) in [5.41, 5.74) is 0.694. The molecule has 0 aliphatic carbocycles. The molecule has 1 amide bonds. The topological polar surface area (TPSA) is 167 Å². The maximum Gasteiger partial charge on any atom is 0.338 e. The summed E-state index contributed by atoms with van der Waals surface area (Å²) in [6, 6.07) is 24.0. The van der Waals surface area contributed by atoms with Crippen LogP contribution in [-0.2, 0) is 28.5 Å². The number of carbonyl (C=O) groups excluding carboxylic acids is 4. The Morgan fingerprint density at radius 2 is 0.973 bits per heavy atom. The monoisotopic (exact) mass is 1010 g/mol. The van der Waals surface area contributed by atoms with E-state index in [2.05, 4.69) is 19.2 Å². The smallest absolute Gasteiger partial charge is 0.338 e. The molecule has 0 unspecified atom stereocenters. The Hall–Kier alpha value is -4.88. The van der Waals surface area contributed by atoms with Crippen LogP contribution in [0.3, 0.4) is 0 Å². The van der Waals surface area contributed by atoms with Crippen LogP contribution in [0.1, 0.15) is 212 Å². The molecule has 0 saturated carbocycles. The van der Waals surface area contributed by atoms with Gasteiger partial charge in [0.05, 0.1) is 35.9 Å². The molecule has 0 spiro atoms. The Morgan fingerprint density at radius 1 is 0.562 bits per heavy atom. The maximum atomic E-state index is 13.9. The number of esters is 3. The van der Waals surface area contributed by atoms with E-state index in [1.165, 1.54) is 109 Å². The normalized spacial score (nSPS) is 18.5. The van der Waals surface area contributed by atoms with Crippen molar-refractivity contribution < 1.29 is 53.1 Å². The summed E-state index contributed by atoms with van der Waals surface area (Å²) in [5, 5.41) is 25.1. The first-order valence-corrected chi connectivity index (χ1v) is 28.1. The minimum Gasteiger partial charge on any atom is -0.452 e. The van der Waals surface area contributed by atoms with Crippen molar-refractivity contribution in [2.75, 3.05) is 13.2 Å². The standard InChI is InChI=1S/C61H89NO11/c1-3-5-7-9-11-13-15-17-19-21-23-25-36-44-52(70-58(66)48-38-30-27-31-39-48)51(62-54(64)45-37-26-24-22-20-18-16-14-12-10-8-6-4-2)47-69-61-57(73-60(68)50-42-34-29-35-43-50)56(55(65)53(46-63)71-61)72-59(67)49-40-32-28-33-41-49/h27-36,38-44,51-53,55-57,61,63,65H,3-26,37,45-47H2,1-2H3,(H,62,64)/b44-36+/t51-,52+,53+,55-,56-,57+,61-/m0/s1. The number of hydrogen-bond donors (Lipinski definition) is 3. The van der Waals surface area contributed by atoms with Crippen molar-refractivity contribution in [1.29, 1.82) is 0 Å². The first-order chi connectivity index (χ1) is 35.7. The molecular formula is C61H89NO11. The maximum absolute atomic E-state index is 13.9. The number of aliphatic hydroxyl groups excluding tert-OH is 2. The highest BCUT2D eigenvalue weighted by molar-refractivity contribution is 5.91. The molecule has 0 aromatic heterocycles. The number of allylic oxidation sites excluding steroid dienone is 1. The van der Waals surface area contributed by atoms with E-state index in [4.69, 9.17) is 23.7 Å². The lowest BCUT2D eigenvalue weighted by molar-refractivity contribution is -0.300. The largest absolute Gasteiger partial charge is 0.452 e. The highest BCUT2D eigenvalue weighted by Gasteiger charge is 2.51. The van der Waals surface area contributed by atoms with Crippen LogP contribution in [-0.4, -0.2) is 90.1 Å². The number of rotatable bonds is 39. The second-order valence-electron chi connectivity index (χ2n) is 19.7. The van der Waals surface area contributed by atoms with Gasteiger partial charge in [-0.2, -0.15) is 0 Å². The summed E-state index contributed by atoms with van der Waals surface area (Å²) in [4.78, 5) is 54.9. The zero-order chi connectivity index (χ0) is 52.1. The van der Waals surface area contributed by atoms with Crippen molar-refractivity contribution in [3.8, 4) is 0 Å². The molecule has 404 valence electrons. The molecule has 1 fully saturated rings. The van der Waals surface area contributed by atoms with Crippen molar-refractivity contribution in [2.24, 2.45) is 0 Å². The lowest BCUT2D eigenvalue weighted by Crippen LogP contribution is -2.62. The lowest BCUT2D eigenvalue weighted by atomic mass is 9.98. The third-order valence-electron chi connectivity index (χ3n) is 13.5. The number of benzene rings is 3. The summed E-state index contributed by atoms with van der Waals surface area (Å²) in [6.45, 7) is 3.45. The minimum atomic E-state index is -1.64. The van der Waals surface area contributed by atoms with E-state index < -0.39 is 67.4 Å². The minimum absolute atomic E-state index is 0.182. The highest BCUT2D eigenvalue weighted by Crippen LogP contribution is 2.29. The average molecular weight is 1010 g/mol. The van der Waals surface area contributed by atoms with Crippen LogP contribution in [0.15, 0.2) is 103 Å². The molecule has 12 heteroatoms. The Balaban J connectivity index is 1.52. The van der Waals surface area contributed by atoms with E-state index in [0.29, 0.717) is 12.0 Å². The number of hydrogen-bond acceptors (Lipinski definition) is 11. The van der Waals surface area contributed by atoms with E-state index in [1.54, 1.807) is 97.1 Å². The summed E-state index contributed by atoms with van der Waals surface area (Å²) in [6.07, 6.45) is 24.7. The van der Waals surface area contributed by atoms with E-state index in [9.17, 15) is 29.4 Å². The van der Waals surface area contributed by atoms with Gasteiger partial charge in [0.1, 0.15) is 18.3 Å². The summed E-state index contributed by atoms with van der Waals surface area (Å²) < 4.78 is 30.6. The lowest BCUT2D eigenvalue weighted by Gasteiger charge is -2.43. The highest BCUT2D eigenvalue weighted by atomic mass is 16.7. The van der Waals surface area contributed by atoms with E-state index in [-0.39, 0.29) is 30.1 Å². The quantitative estimate of drug-likeness (QED) is 0.0215. The number of carbonyl (C=O) groups is 4. The molecular weight excluding hydrogens is 923 g/mol. The molecule has 3 aromatic carbocycles. The number of nitrogens with one attached hydrogen (secondary N) is 1. The van der Waals surface area contributed by atoms with Gasteiger partial charge in [0, 0.05) is 6.42 Å². The Bertz CT molecular complexity index is 1950. The first kappa shape index (κ1) is 60.7. The van der Waals surface area contributed by atoms with Crippen LogP contribution in [0, 0.1) is 0 Å². The third kappa shape index (κ3) is 24.3. The molecule has 0 radical (unpaired) electrons. The van der Waals surface area contributed by atoms with Gasteiger partial charge in [-0.05, 0) is 61.7 Å². The van der Waals surface area contributed by atoms with Crippen molar-refractivity contribution in [1.82, 2.24) is 5.32 Å². The fourth-order valence-electron chi connectivity index (χ4n) is 9.14. The van der Waals surface area contributed by atoms with Crippen LogP contribution < -0.4 is 5.32 Å². The number of amides is 1. The molecule has 1 saturated heterocycles. The first-order valence-electron chi connectivity index (χ1n) is 28.1. The van der Waals surface area contributed by atoms with E-state index in [1.807, 2.05) is 6.08 Å². The van der Waals surface area contributed by atoms with Crippen LogP contribution in [0.2, 0.25) is 0 Å². The van der Waals surface area contributed by atoms with Gasteiger partial charge >= 0.3 is 17.9 Å². The van der Waals surface area contributed by atoms with Crippen LogP contribution in [0.25, 0.3) is 0 Å². The van der Waals surface area contributed by atoms with Gasteiger partial charge in [0.25, 0.3) is 0 Å². The fraction of sp³-hybridized carbons (Fsp3) is 0.607. The SMILES string of the molecule is CCCCCCCCCCCCC/C=C/[C@@H](OC(=O)c1ccccc1)[C@H](CO[C@H]1O[C@H](CO)[C@H](O)[C@H](OC(=O)c2ccccc2)[C@H]1OC(=O)c1ccccc1)NC(=O)CCCCCCCCCCCCCCC. The fourth-order valence-corrected chi connectivity index (χ4v) is 9.14. The summed E-state index contributed by atoms with van der Waals surface area (Å²) in [5.74, 6) is -2.47. The molecule has 0 bridgehead atoms. The van der Waals surface area contributed by atoms with Crippen molar-refractivity contribution in [3.63, 3.8) is 0 Å². The summed E-state index contributed by atoms with van der Waals surface area (Å²) >= 11 is 0. The van der Waals surface area contributed by atoms with Gasteiger partial charge in [-0.25, -0.2) is 14.4 Å². The zero-order valence-electron chi connectivity index (χ0n) is 44.2. The summed E-state index contributed by atoms with van der Waals surface area (Å²) in [7, 11) is 0. The molecule has 1 aliphatic rings. The third-order valence-corrected chi connectivity index (χ3v) is 13.5. The molecule has 12 nitrogen and oxygen atoms in total. The number of unbranched alkanes of at least 4 members (excludes halogenated alkanes) is 23. The van der Waals surface area contributed by atoms with Gasteiger partial charge in [-0.15, -0.1) is 0 Å². The van der Waals surface area contributed by atoms with Crippen LogP contribution in [0.4, 0.5) is 0 Å². The molecule has 1 aliphatic heterocycles. The number of aliphatic hydroxyl groups is 2. The average Bonchev–Trinajstić information content (AvgIpc) is 3.41. The Morgan fingerprint density at radius 3 is 1.42 bits per heavy atom. The molecule has 3 N–H and O–H groups in total. The number of ether oxygens (including phenoxy) is 5. The van der Waals surface area contributed by atoms with Crippen molar-refractivity contribution in [2.45, 2.75) is 224 Å². The molecule has 7 atom stereocenters. The van der Waals surface area contributed by atoms with E-state index >= 15 is 0 Å². The molecule has 4 rings (SSSR count). The Kier molecular flexibility index (Phi) is 31.4. The second kappa shape index (κ2) is 37.8. The van der Waals surface area contributed by atoms with Crippen LogP contribution >= 0.6 is 0 Å². The predicted molar refractivity (Wildman–Crippen MR) is 287 cm³/mol. The van der Waals surface area contributed by atoms with Gasteiger partial charge < -0.3 is 39.2 Å². The second-order valence-corrected chi connectivity index (χ2v) is 19.7. The van der Waals surface area contributed by atoms with Gasteiger partial charge in [-0.3, -0.25) is 4.79 Å². The van der Waals surface area contributed by atoms with Crippen molar-refractivity contribution >= 4 is 23.8 Å². The predicted octanol–water partition coefficient (Wildman–Crippen LogP) is 13.0. The Labute approximate surface area is 437 Å². The molecule has 1 heterocycles. The van der Waals surface area contributed by atoms with E-state index in [0.717, 1.165) is 44.9 Å².